The molecule has 0 amide bonds. The molecule has 0 spiro atoms. The van der Waals surface area contributed by atoms with Crippen molar-refractivity contribution in [2.45, 2.75) is 83.1 Å². The molecule has 1 aromatic heterocycles. The first kappa shape index (κ1) is 14.1. The summed E-state index contributed by atoms with van der Waals surface area (Å²) in [5.74, 6) is 2.48. The number of rotatable bonds is 2. The van der Waals surface area contributed by atoms with Gasteiger partial charge in [0, 0.05) is 12.0 Å². The molecule has 112 valence electrons. The Morgan fingerprint density at radius 3 is 2.50 bits per heavy atom. The quantitative estimate of drug-likeness (QED) is 0.894. The second-order valence-corrected chi connectivity index (χ2v) is 7.48. The third-order valence-corrected chi connectivity index (χ3v) is 5.30. The van der Waals surface area contributed by atoms with Gasteiger partial charge in [0.1, 0.15) is 0 Å². The van der Waals surface area contributed by atoms with Crippen molar-refractivity contribution in [3.8, 4) is 0 Å². The predicted molar refractivity (Wildman–Crippen MR) is 78.5 cm³/mol. The molecule has 1 aromatic rings. The molecule has 0 bridgehead atoms. The molecule has 0 aromatic carbocycles. The Bertz CT molecular complexity index is 444. The van der Waals surface area contributed by atoms with Crippen LogP contribution in [0.5, 0.6) is 0 Å². The van der Waals surface area contributed by atoms with Crippen molar-refractivity contribution in [2.75, 3.05) is 0 Å². The molecule has 2 aliphatic carbocycles. The van der Waals surface area contributed by atoms with Crippen LogP contribution < -0.4 is 5.73 Å². The SMILES string of the molecule is CC1(C)CCC(c2noc(C3CCCCC3N)n2)CC1. The topological polar surface area (TPSA) is 64.9 Å². The highest BCUT2D eigenvalue weighted by atomic mass is 16.5. The summed E-state index contributed by atoms with van der Waals surface area (Å²) < 4.78 is 5.54. The average Bonchev–Trinajstić information content (AvgIpc) is 2.88. The number of nitrogens with zero attached hydrogens (tertiary/aromatic N) is 2. The number of nitrogens with two attached hydrogens (primary N) is 1. The van der Waals surface area contributed by atoms with E-state index in [1.807, 2.05) is 0 Å². The molecule has 2 saturated carbocycles. The van der Waals surface area contributed by atoms with Gasteiger partial charge in [-0.3, -0.25) is 0 Å². The maximum Gasteiger partial charge on any atom is 0.231 e. The summed E-state index contributed by atoms with van der Waals surface area (Å²) in [5, 5.41) is 4.26. The Kier molecular flexibility index (Phi) is 3.85. The van der Waals surface area contributed by atoms with E-state index >= 15 is 0 Å². The molecular weight excluding hydrogens is 250 g/mol. The van der Waals surface area contributed by atoms with Gasteiger partial charge in [-0.25, -0.2) is 0 Å². The Morgan fingerprint density at radius 1 is 1.10 bits per heavy atom. The van der Waals surface area contributed by atoms with E-state index in [2.05, 4.69) is 19.0 Å². The third kappa shape index (κ3) is 2.90. The van der Waals surface area contributed by atoms with E-state index < -0.39 is 0 Å². The van der Waals surface area contributed by atoms with Crippen LogP contribution in [0.3, 0.4) is 0 Å². The zero-order chi connectivity index (χ0) is 14.2. The van der Waals surface area contributed by atoms with Crippen LogP contribution in [0.15, 0.2) is 4.52 Å². The highest BCUT2D eigenvalue weighted by Gasteiger charge is 2.32. The maximum atomic E-state index is 6.21. The van der Waals surface area contributed by atoms with Gasteiger partial charge in [-0.2, -0.15) is 4.98 Å². The van der Waals surface area contributed by atoms with Gasteiger partial charge < -0.3 is 10.3 Å². The Hall–Kier alpha value is -0.900. The largest absolute Gasteiger partial charge is 0.339 e. The summed E-state index contributed by atoms with van der Waals surface area (Å²) in [7, 11) is 0. The van der Waals surface area contributed by atoms with Gasteiger partial charge in [0.25, 0.3) is 0 Å². The van der Waals surface area contributed by atoms with Crippen molar-refractivity contribution in [3.05, 3.63) is 11.7 Å². The lowest BCUT2D eigenvalue weighted by Crippen LogP contribution is -2.31. The predicted octanol–water partition coefficient (Wildman–Crippen LogP) is 3.74. The lowest BCUT2D eigenvalue weighted by Gasteiger charge is -2.32. The lowest BCUT2D eigenvalue weighted by molar-refractivity contribution is 0.218. The molecule has 4 heteroatoms. The smallest absolute Gasteiger partial charge is 0.231 e. The molecule has 2 fully saturated rings. The molecule has 2 unspecified atom stereocenters. The second kappa shape index (κ2) is 5.47. The molecule has 2 N–H and O–H groups in total. The fourth-order valence-corrected chi connectivity index (χ4v) is 3.69. The minimum absolute atomic E-state index is 0.197. The van der Waals surface area contributed by atoms with Crippen molar-refractivity contribution < 1.29 is 4.52 Å². The van der Waals surface area contributed by atoms with Crippen LogP contribution in [0.1, 0.15) is 88.8 Å². The van der Waals surface area contributed by atoms with Gasteiger partial charge in [0.05, 0.1) is 5.92 Å². The summed E-state index contributed by atoms with van der Waals surface area (Å²) in [6, 6.07) is 0.197. The van der Waals surface area contributed by atoms with Crippen molar-refractivity contribution in [1.82, 2.24) is 10.1 Å². The van der Waals surface area contributed by atoms with Crippen LogP contribution in [0.4, 0.5) is 0 Å². The zero-order valence-electron chi connectivity index (χ0n) is 12.8. The van der Waals surface area contributed by atoms with Crippen LogP contribution in [0.2, 0.25) is 0 Å². The van der Waals surface area contributed by atoms with Crippen molar-refractivity contribution in [3.63, 3.8) is 0 Å². The molecule has 3 rings (SSSR count). The standard InChI is InChI=1S/C16H27N3O/c1-16(2)9-7-11(8-10-16)14-18-15(20-19-14)12-5-3-4-6-13(12)17/h11-13H,3-10,17H2,1-2H3. The van der Waals surface area contributed by atoms with Crippen molar-refractivity contribution in [2.24, 2.45) is 11.1 Å². The maximum absolute atomic E-state index is 6.21. The first-order valence-corrected chi connectivity index (χ1v) is 8.14. The zero-order valence-corrected chi connectivity index (χ0v) is 12.8. The lowest BCUT2D eigenvalue weighted by atomic mass is 9.73. The molecular formula is C16H27N3O. The van der Waals surface area contributed by atoms with Crippen LogP contribution in [-0.4, -0.2) is 16.2 Å². The Morgan fingerprint density at radius 2 is 1.80 bits per heavy atom. The molecule has 1 heterocycles. The monoisotopic (exact) mass is 277 g/mol. The first-order chi connectivity index (χ1) is 9.55. The Labute approximate surface area is 121 Å². The van der Waals surface area contributed by atoms with E-state index in [0.29, 0.717) is 11.3 Å². The van der Waals surface area contributed by atoms with E-state index in [1.165, 1.54) is 38.5 Å². The number of aromatic nitrogens is 2. The average molecular weight is 277 g/mol. The molecule has 0 radical (unpaired) electrons. The second-order valence-electron chi connectivity index (χ2n) is 7.48. The molecule has 0 saturated heterocycles. The normalized spacial score (nSPS) is 31.4. The van der Waals surface area contributed by atoms with Gasteiger partial charge in [0.2, 0.25) is 5.89 Å². The third-order valence-electron chi connectivity index (χ3n) is 5.30. The summed E-state index contributed by atoms with van der Waals surface area (Å²) in [6.45, 7) is 4.71. The van der Waals surface area contributed by atoms with Crippen molar-refractivity contribution in [1.29, 1.82) is 0 Å². The summed E-state index contributed by atoms with van der Waals surface area (Å²) in [6.07, 6.45) is 9.52. The minimum Gasteiger partial charge on any atom is -0.339 e. The molecule has 2 atom stereocenters. The number of hydrogen-bond acceptors (Lipinski definition) is 4. The van der Waals surface area contributed by atoms with E-state index in [9.17, 15) is 0 Å². The summed E-state index contributed by atoms with van der Waals surface area (Å²) in [4.78, 5) is 4.70. The highest BCUT2D eigenvalue weighted by molar-refractivity contribution is 5.04. The first-order valence-electron chi connectivity index (χ1n) is 8.14. The van der Waals surface area contributed by atoms with Gasteiger partial charge in [0.15, 0.2) is 5.82 Å². The highest BCUT2D eigenvalue weighted by Crippen LogP contribution is 2.42. The van der Waals surface area contributed by atoms with E-state index in [0.717, 1.165) is 24.6 Å². The molecule has 0 aliphatic heterocycles. The van der Waals surface area contributed by atoms with E-state index in [4.69, 9.17) is 15.2 Å². The van der Waals surface area contributed by atoms with Crippen LogP contribution in [-0.2, 0) is 0 Å². The minimum atomic E-state index is 0.197. The molecule has 20 heavy (non-hydrogen) atoms. The Balaban J connectivity index is 1.68. The van der Waals surface area contributed by atoms with Crippen molar-refractivity contribution >= 4 is 0 Å². The molecule has 4 nitrogen and oxygen atoms in total. The van der Waals surface area contributed by atoms with Gasteiger partial charge in [-0.1, -0.05) is 31.8 Å². The summed E-state index contributed by atoms with van der Waals surface area (Å²) in [5.41, 5.74) is 6.69. The number of hydrogen-bond donors (Lipinski definition) is 1. The van der Waals surface area contributed by atoms with Crippen LogP contribution >= 0.6 is 0 Å². The van der Waals surface area contributed by atoms with Gasteiger partial charge in [-0.05, 0) is 43.9 Å². The molecule has 2 aliphatic rings. The van der Waals surface area contributed by atoms with E-state index in [-0.39, 0.29) is 12.0 Å². The fraction of sp³-hybridized carbons (Fsp3) is 0.875. The van der Waals surface area contributed by atoms with E-state index in [1.54, 1.807) is 0 Å². The van der Waals surface area contributed by atoms with Gasteiger partial charge >= 0.3 is 0 Å². The fourth-order valence-electron chi connectivity index (χ4n) is 3.69. The summed E-state index contributed by atoms with van der Waals surface area (Å²) >= 11 is 0. The van der Waals surface area contributed by atoms with Crippen LogP contribution in [0, 0.1) is 5.41 Å². The van der Waals surface area contributed by atoms with Crippen LogP contribution in [0.25, 0.3) is 0 Å². The van der Waals surface area contributed by atoms with Gasteiger partial charge in [-0.15, -0.1) is 0 Å².